The van der Waals surface area contributed by atoms with Gasteiger partial charge in [-0.2, -0.15) is 0 Å². The third-order valence-corrected chi connectivity index (χ3v) is 6.59. The fourth-order valence-electron chi connectivity index (χ4n) is 3.58. The minimum absolute atomic E-state index is 0.138. The number of fused-ring (bicyclic) bond motifs is 1. The van der Waals surface area contributed by atoms with E-state index in [-0.39, 0.29) is 16.5 Å². The number of methoxy groups -OCH3 is 1. The molecule has 0 fully saturated rings. The molecule has 0 aliphatic carbocycles. The molecule has 0 spiro atoms. The summed E-state index contributed by atoms with van der Waals surface area (Å²) in [6.45, 7) is 0. The molecule has 1 aromatic carbocycles. The van der Waals surface area contributed by atoms with Crippen LogP contribution in [0.2, 0.25) is 0 Å². The number of rotatable bonds is 6. The second-order valence-corrected chi connectivity index (χ2v) is 9.04. The first-order valence-electron chi connectivity index (χ1n) is 10.3. The number of aromatic nitrogens is 4. The lowest BCUT2D eigenvalue weighted by Gasteiger charge is -2.13. The summed E-state index contributed by atoms with van der Waals surface area (Å²) in [5, 5.41) is 0. The molecule has 5 aromatic rings. The largest absolute Gasteiger partial charge is 0.480 e. The van der Waals surface area contributed by atoms with E-state index in [9.17, 15) is 8.42 Å². The molecule has 0 aliphatic rings. The van der Waals surface area contributed by atoms with Gasteiger partial charge in [0, 0.05) is 35.9 Å². The van der Waals surface area contributed by atoms with Crippen LogP contribution in [-0.4, -0.2) is 35.5 Å². The molecule has 0 saturated carbocycles. The lowest BCUT2D eigenvalue weighted by Crippen LogP contribution is -2.14. The summed E-state index contributed by atoms with van der Waals surface area (Å²) in [6.07, 6.45) is 6.79. The van der Waals surface area contributed by atoms with Gasteiger partial charge in [-0.3, -0.25) is 14.7 Å². The Balaban J connectivity index is 1.59. The first-order valence-corrected chi connectivity index (χ1v) is 11.8. The number of benzene rings is 1. The molecule has 1 N–H and O–H groups in total. The van der Waals surface area contributed by atoms with Crippen molar-refractivity contribution in [2.45, 2.75) is 4.90 Å². The first-order chi connectivity index (χ1) is 16.5. The van der Waals surface area contributed by atoms with Gasteiger partial charge in [0.15, 0.2) is 0 Å². The van der Waals surface area contributed by atoms with Crippen LogP contribution in [0.1, 0.15) is 0 Å². The predicted octanol–water partition coefficient (Wildman–Crippen LogP) is 4.56. The van der Waals surface area contributed by atoms with Crippen LogP contribution in [0.3, 0.4) is 0 Å². The van der Waals surface area contributed by atoms with Crippen molar-refractivity contribution in [1.82, 2.24) is 19.9 Å². The standard InChI is InChI=1S/C25H19N5O3S/c1-33-25-23(30-34(31,32)19-5-3-2-4-6-19)15-18(16-28-25)21-7-8-22-24(29-21)20(11-14-27-22)17-9-12-26-13-10-17/h2-16,30H,1H3. The smallest absolute Gasteiger partial charge is 0.262 e. The van der Waals surface area contributed by atoms with Gasteiger partial charge in [0.1, 0.15) is 5.69 Å². The predicted molar refractivity (Wildman–Crippen MR) is 130 cm³/mol. The Bertz CT molecular complexity index is 1580. The number of sulfonamides is 1. The van der Waals surface area contributed by atoms with Crippen LogP contribution in [-0.2, 0) is 10.0 Å². The van der Waals surface area contributed by atoms with Crippen molar-refractivity contribution in [2.75, 3.05) is 11.8 Å². The number of anilines is 1. The normalized spacial score (nSPS) is 11.3. The molecule has 0 radical (unpaired) electrons. The number of nitrogens with zero attached hydrogens (tertiary/aromatic N) is 4. The molecule has 0 bridgehead atoms. The molecule has 168 valence electrons. The summed E-state index contributed by atoms with van der Waals surface area (Å²) in [4.78, 5) is 17.8. The van der Waals surface area contributed by atoms with Gasteiger partial charge in [-0.05, 0) is 54.1 Å². The maximum Gasteiger partial charge on any atom is 0.262 e. The summed E-state index contributed by atoms with van der Waals surface area (Å²) < 4.78 is 33.6. The SMILES string of the molecule is COc1ncc(-c2ccc3nccc(-c4ccncc4)c3n2)cc1NS(=O)(=O)c1ccccc1. The molecule has 0 atom stereocenters. The number of nitrogens with one attached hydrogen (secondary N) is 1. The Morgan fingerprint density at radius 2 is 1.65 bits per heavy atom. The van der Waals surface area contributed by atoms with Gasteiger partial charge in [-0.15, -0.1) is 0 Å². The molecular weight excluding hydrogens is 450 g/mol. The number of hydrogen-bond donors (Lipinski definition) is 1. The van der Waals surface area contributed by atoms with Crippen LogP contribution in [0.5, 0.6) is 5.88 Å². The number of pyridine rings is 4. The van der Waals surface area contributed by atoms with Crippen LogP contribution < -0.4 is 9.46 Å². The van der Waals surface area contributed by atoms with Gasteiger partial charge in [0.2, 0.25) is 5.88 Å². The van der Waals surface area contributed by atoms with E-state index in [0.717, 1.165) is 16.6 Å². The Kier molecular flexibility index (Phi) is 5.60. The van der Waals surface area contributed by atoms with E-state index in [4.69, 9.17) is 9.72 Å². The monoisotopic (exact) mass is 469 g/mol. The van der Waals surface area contributed by atoms with Crippen molar-refractivity contribution in [3.63, 3.8) is 0 Å². The van der Waals surface area contributed by atoms with Crippen LogP contribution >= 0.6 is 0 Å². The Labute approximate surface area is 196 Å². The van der Waals surface area contributed by atoms with E-state index in [1.165, 1.54) is 19.2 Å². The minimum atomic E-state index is -3.83. The molecule has 0 amide bonds. The van der Waals surface area contributed by atoms with Crippen molar-refractivity contribution in [3.05, 3.63) is 91.5 Å². The average molecular weight is 470 g/mol. The van der Waals surface area contributed by atoms with Crippen molar-refractivity contribution < 1.29 is 13.2 Å². The lowest BCUT2D eigenvalue weighted by atomic mass is 10.1. The highest BCUT2D eigenvalue weighted by atomic mass is 32.2. The van der Waals surface area contributed by atoms with E-state index in [1.54, 1.807) is 49.1 Å². The maximum atomic E-state index is 12.9. The summed E-state index contributed by atoms with van der Waals surface area (Å²) in [5.41, 5.74) is 4.80. The number of hydrogen-bond acceptors (Lipinski definition) is 7. The van der Waals surface area contributed by atoms with Crippen LogP contribution in [0.4, 0.5) is 5.69 Å². The molecule has 8 nitrogen and oxygen atoms in total. The van der Waals surface area contributed by atoms with Crippen molar-refractivity contribution in [3.8, 4) is 28.3 Å². The van der Waals surface area contributed by atoms with Crippen molar-refractivity contribution >= 4 is 26.7 Å². The third-order valence-electron chi connectivity index (χ3n) is 5.21. The molecule has 9 heteroatoms. The summed E-state index contributed by atoms with van der Waals surface area (Å²) in [5.74, 6) is 0.156. The van der Waals surface area contributed by atoms with Crippen molar-refractivity contribution in [1.29, 1.82) is 0 Å². The highest BCUT2D eigenvalue weighted by Gasteiger charge is 2.18. The van der Waals surface area contributed by atoms with Gasteiger partial charge in [-0.1, -0.05) is 18.2 Å². The molecule has 34 heavy (non-hydrogen) atoms. The lowest BCUT2D eigenvalue weighted by molar-refractivity contribution is 0.400. The summed E-state index contributed by atoms with van der Waals surface area (Å²) in [7, 11) is -2.39. The van der Waals surface area contributed by atoms with E-state index < -0.39 is 10.0 Å². The highest BCUT2D eigenvalue weighted by molar-refractivity contribution is 7.92. The van der Waals surface area contributed by atoms with E-state index in [1.807, 2.05) is 30.3 Å². The van der Waals surface area contributed by atoms with Gasteiger partial charge < -0.3 is 4.74 Å². The van der Waals surface area contributed by atoms with Gasteiger partial charge in [0.25, 0.3) is 10.0 Å². The highest BCUT2D eigenvalue weighted by Crippen LogP contribution is 2.32. The molecule has 4 aromatic heterocycles. The Hall–Kier alpha value is -4.37. The van der Waals surface area contributed by atoms with Gasteiger partial charge in [-0.25, -0.2) is 18.4 Å². The van der Waals surface area contributed by atoms with E-state index in [2.05, 4.69) is 19.7 Å². The number of ether oxygens (including phenoxy) is 1. The van der Waals surface area contributed by atoms with Crippen LogP contribution in [0, 0.1) is 0 Å². The molecule has 5 rings (SSSR count). The fraction of sp³-hybridized carbons (Fsp3) is 0.0400. The zero-order chi connectivity index (χ0) is 23.5. The second kappa shape index (κ2) is 8.87. The molecular formula is C25H19N5O3S. The fourth-order valence-corrected chi connectivity index (χ4v) is 4.65. The maximum absolute atomic E-state index is 12.9. The van der Waals surface area contributed by atoms with Crippen molar-refractivity contribution in [2.24, 2.45) is 0 Å². The summed E-state index contributed by atoms with van der Waals surface area (Å²) >= 11 is 0. The summed E-state index contributed by atoms with van der Waals surface area (Å²) in [6, 6.07) is 19.2. The molecule has 0 saturated heterocycles. The van der Waals surface area contributed by atoms with Gasteiger partial charge in [0.05, 0.1) is 28.7 Å². The average Bonchev–Trinajstić information content (AvgIpc) is 2.89. The van der Waals surface area contributed by atoms with E-state index in [0.29, 0.717) is 16.8 Å². The molecule has 4 heterocycles. The first kappa shape index (κ1) is 21.5. The Morgan fingerprint density at radius 3 is 2.41 bits per heavy atom. The van der Waals surface area contributed by atoms with E-state index >= 15 is 0 Å². The second-order valence-electron chi connectivity index (χ2n) is 7.36. The van der Waals surface area contributed by atoms with Gasteiger partial charge >= 0.3 is 0 Å². The zero-order valence-corrected chi connectivity index (χ0v) is 18.9. The minimum Gasteiger partial charge on any atom is -0.480 e. The zero-order valence-electron chi connectivity index (χ0n) is 18.1. The molecule has 0 unspecified atom stereocenters. The quantitative estimate of drug-likeness (QED) is 0.388. The molecule has 0 aliphatic heterocycles. The van der Waals surface area contributed by atoms with Crippen LogP contribution in [0.15, 0.2) is 96.4 Å². The third kappa shape index (κ3) is 4.16. The van der Waals surface area contributed by atoms with Crippen LogP contribution in [0.25, 0.3) is 33.4 Å². The topological polar surface area (TPSA) is 107 Å². The Morgan fingerprint density at radius 1 is 0.853 bits per heavy atom.